The smallest absolute Gasteiger partial charge is 0.396 e. The summed E-state index contributed by atoms with van der Waals surface area (Å²) in [5.74, 6) is -0.630. The first-order valence-electron chi connectivity index (χ1n) is 3.27. The monoisotopic (exact) mass is 159 g/mol. The van der Waals surface area contributed by atoms with E-state index in [1.54, 1.807) is 20.8 Å². The fourth-order valence-electron chi connectivity index (χ4n) is 0.342. The van der Waals surface area contributed by atoms with Gasteiger partial charge in [-0.1, -0.05) is 0 Å². The van der Waals surface area contributed by atoms with Crippen LogP contribution in [0.2, 0.25) is 0 Å². The van der Waals surface area contributed by atoms with Gasteiger partial charge in [0, 0.05) is 20.8 Å². The largest absolute Gasteiger partial charge is 0.623 e. The summed E-state index contributed by atoms with van der Waals surface area (Å²) < 4.78 is 4.85. The Balaban J connectivity index is 4.35. The Morgan fingerprint density at radius 3 is 2.27 bits per heavy atom. The molecule has 0 aromatic heterocycles. The fourth-order valence-corrected chi connectivity index (χ4v) is 0.342. The van der Waals surface area contributed by atoms with Crippen LogP contribution < -0.4 is 0 Å². The van der Waals surface area contributed by atoms with E-state index in [1.165, 1.54) is 7.11 Å². The van der Waals surface area contributed by atoms with Gasteiger partial charge in [0.25, 0.3) is 6.21 Å². The summed E-state index contributed by atoms with van der Waals surface area (Å²) in [6.45, 7) is 5.12. The number of carbonyl (C=O) groups is 1. The first-order valence-corrected chi connectivity index (χ1v) is 3.27. The fraction of sp³-hybridized carbons (Fsp3) is 0.714. The Morgan fingerprint density at radius 2 is 2.00 bits per heavy atom. The highest BCUT2D eigenvalue weighted by Gasteiger charge is 2.19. The van der Waals surface area contributed by atoms with Crippen LogP contribution in [0.25, 0.3) is 0 Å². The van der Waals surface area contributed by atoms with Crippen LogP contribution in [0.15, 0.2) is 0 Å². The lowest BCUT2D eigenvalue weighted by Gasteiger charge is -2.17. The molecule has 0 heterocycles. The predicted octanol–water partition coefficient (Wildman–Crippen LogP) is 0.539. The quantitative estimate of drug-likeness (QED) is 0.184. The minimum absolute atomic E-state index is 0.568. The van der Waals surface area contributed by atoms with Gasteiger partial charge in [-0.3, -0.25) is 0 Å². The summed E-state index contributed by atoms with van der Waals surface area (Å²) in [6, 6.07) is 0. The van der Waals surface area contributed by atoms with Crippen LogP contribution in [-0.4, -0.2) is 29.6 Å². The number of methoxy groups -OCH3 is 1. The second-order valence-electron chi connectivity index (χ2n) is 3.15. The van der Waals surface area contributed by atoms with Crippen molar-refractivity contribution in [2.75, 3.05) is 7.11 Å². The molecule has 0 saturated heterocycles. The molecule has 0 amide bonds. The van der Waals surface area contributed by atoms with E-state index in [0.717, 1.165) is 6.21 Å². The molecule has 0 aromatic rings. The highest BCUT2D eigenvalue weighted by Crippen LogP contribution is 2.03. The SMILES string of the molecule is COC(=O)/C=[N+](\[O-])C(C)(C)C. The van der Waals surface area contributed by atoms with Crippen LogP contribution in [0.3, 0.4) is 0 Å². The van der Waals surface area contributed by atoms with Gasteiger partial charge in [-0.2, -0.15) is 0 Å². The first-order chi connectivity index (χ1) is 4.88. The zero-order chi connectivity index (χ0) is 9.07. The topological polar surface area (TPSA) is 52.4 Å². The molecule has 4 nitrogen and oxygen atoms in total. The van der Waals surface area contributed by atoms with E-state index in [4.69, 9.17) is 0 Å². The minimum Gasteiger partial charge on any atom is -0.623 e. The maximum absolute atomic E-state index is 11.0. The molecule has 0 spiro atoms. The number of hydroxylamine groups is 1. The van der Waals surface area contributed by atoms with E-state index in [9.17, 15) is 10.0 Å². The van der Waals surface area contributed by atoms with Crippen molar-refractivity contribution in [3.05, 3.63) is 5.21 Å². The second kappa shape index (κ2) is 3.37. The number of rotatable bonds is 1. The number of esters is 1. The molecule has 4 heteroatoms. The van der Waals surface area contributed by atoms with Crippen molar-refractivity contribution in [1.29, 1.82) is 0 Å². The number of ether oxygens (including phenoxy) is 1. The molecule has 0 aliphatic carbocycles. The predicted molar refractivity (Wildman–Crippen MR) is 41.5 cm³/mol. The van der Waals surface area contributed by atoms with Gasteiger partial charge in [-0.05, 0) is 0 Å². The van der Waals surface area contributed by atoms with Crippen molar-refractivity contribution in [1.82, 2.24) is 0 Å². The lowest BCUT2D eigenvalue weighted by atomic mass is 10.1. The molecule has 11 heavy (non-hydrogen) atoms. The lowest BCUT2D eigenvalue weighted by Crippen LogP contribution is -2.31. The van der Waals surface area contributed by atoms with Crippen molar-refractivity contribution >= 4 is 12.2 Å². The zero-order valence-electron chi connectivity index (χ0n) is 7.25. The van der Waals surface area contributed by atoms with Gasteiger partial charge in [0.15, 0.2) is 5.54 Å². The third-order valence-electron chi connectivity index (χ3n) is 1.09. The molecular weight excluding hydrogens is 146 g/mol. The maximum atomic E-state index is 11.0. The maximum Gasteiger partial charge on any atom is 0.396 e. The van der Waals surface area contributed by atoms with Crippen molar-refractivity contribution in [2.24, 2.45) is 0 Å². The van der Waals surface area contributed by atoms with Crippen LogP contribution in [-0.2, 0) is 9.53 Å². The molecule has 0 fully saturated rings. The third kappa shape index (κ3) is 3.60. The van der Waals surface area contributed by atoms with E-state index >= 15 is 0 Å². The van der Waals surface area contributed by atoms with Crippen LogP contribution in [0.4, 0.5) is 0 Å². The van der Waals surface area contributed by atoms with Crippen LogP contribution >= 0.6 is 0 Å². The molecule has 64 valence electrons. The van der Waals surface area contributed by atoms with E-state index in [1.807, 2.05) is 0 Å². The zero-order valence-corrected chi connectivity index (χ0v) is 7.25. The van der Waals surface area contributed by atoms with Gasteiger partial charge < -0.3 is 9.94 Å². The average molecular weight is 159 g/mol. The molecule has 0 bridgehead atoms. The number of carbonyl (C=O) groups excluding carboxylic acids is 1. The number of nitrogens with zero attached hydrogens (tertiary/aromatic N) is 1. The van der Waals surface area contributed by atoms with Crippen LogP contribution in [0, 0.1) is 5.21 Å². The number of hydrogen-bond donors (Lipinski definition) is 0. The summed E-state index contributed by atoms with van der Waals surface area (Å²) in [7, 11) is 1.23. The molecule has 0 aromatic carbocycles. The number of hydrogen-bond acceptors (Lipinski definition) is 3. The summed E-state index contributed by atoms with van der Waals surface area (Å²) in [5.41, 5.74) is -0.589. The van der Waals surface area contributed by atoms with E-state index in [0.29, 0.717) is 4.74 Å². The van der Waals surface area contributed by atoms with Gasteiger partial charge >= 0.3 is 5.97 Å². The highest BCUT2D eigenvalue weighted by molar-refractivity contribution is 6.20. The molecule has 0 unspecified atom stereocenters. The Kier molecular flexibility index (Phi) is 3.04. The van der Waals surface area contributed by atoms with E-state index in [2.05, 4.69) is 4.74 Å². The summed E-state index contributed by atoms with van der Waals surface area (Å²) in [6.07, 6.45) is 0.889. The van der Waals surface area contributed by atoms with Crippen LogP contribution in [0.5, 0.6) is 0 Å². The normalized spacial score (nSPS) is 12.9. The van der Waals surface area contributed by atoms with Gasteiger partial charge in [0.1, 0.15) is 0 Å². The Bertz CT molecular complexity index is 179. The van der Waals surface area contributed by atoms with Gasteiger partial charge in [0.2, 0.25) is 0 Å². The second-order valence-corrected chi connectivity index (χ2v) is 3.15. The summed E-state index contributed by atoms with van der Waals surface area (Å²) in [5, 5.41) is 11.0. The molecule has 0 aliphatic heterocycles. The minimum atomic E-state index is -0.630. The first kappa shape index (κ1) is 9.94. The standard InChI is InChI=1S/C7H13NO3/c1-7(2,3)8(10)5-6(9)11-4/h5H,1-4H3/b8-5-. The molecule has 0 radical (unpaired) electrons. The highest BCUT2D eigenvalue weighted by atomic mass is 16.5. The molecule has 0 saturated carbocycles. The van der Waals surface area contributed by atoms with E-state index in [-0.39, 0.29) is 0 Å². The van der Waals surface area contributed by atoms with Crippen LogP contribution in [0.1, 0.15) is 20.8 Å². The van der Waals surface area contributed by atoms with Crippen molar-refractivity contribution in [3.8, 4) is 0 Å². The van der Waals surface area contributed by atoms with Gasteiger partial charge in [-0.25, -0.2) is 9.53 Å². The molecule has 0 rings (SSSR count). The molecular formula is C7H13NO3. The van der Waals surface area contributed by atoms with Crippen molar-refractivity contribution in [3.63, 3.8) is 0 Å². The lowest BCUT2D eigenvalue weighted by molar-refractivity contribution is -0.530. The summed E-state index contributed by atoms with van der Waals surface area (Å²) in [4.78, 5) is 10.5. The Hall–Kier alpha value is -1.06. The van der Waals surface area contributed by atoms with Crippen molar-refractivity contribution in [2.45, 2.75) is 26.3 Å². The van der Waals surface area contributed by atoms with Gasteiger partial charge in [0.05, 0.1) is 7.11 Å². The molecule has 0 atom stereocenters. The molecule has 0 aliphatic rings. The molecule has 0 N–H and O–H groups in total. The Morgan fingerprint density at radius 1 is 1.55 bits per heavy atom. The summed E-state index contributed by atoms with van der Waals surface area (Å²) >= 11 is 0. The third-order valence-corrected chi connectivity index (χ3v) is 1.09. The van der Waals surface area contributed by atoms with Crippen molar-refractivity contribution < 1.29 is 14.3 Å². The average Bonchev–Trinajstić information content (AvgIpc) is 1.85. The van der Waals surface area contributed by atoms with E-state index < -0.39 is 11.5 Å². The Labute approximate surface area is 66.1 Å². The van der Waals surface area contributed by atoms with Gasteiger partial charge in [-0.15, -0.1) is 0 Å².